The highest BCUT2D eigenvalue weighted by Gasteiger charge is 2.18. The maximum absolute atomic E-state index is 14.8. The molecule has 0 saturated heterocycles. The van der Waals surface area contributed by atoms with Crippen LogP contribution in [-0.2, 0) is 10.8 Å². The van der Waals surface area contributed by atoms with Gasteiger partial charge < -0.3 is 0 Å². The van der Waals surface area contributed by atoms with Crippen molar-refractivity contribution in [3.63, 3.8) is 0 Å². The summed E-state index contributed by atoms with van der Waals surface area (Å²) in [5.41, 5.74) is 5.09. The molecule has 2 aromatic heterocycles. The lowest BCUT2D eigenvalue weighted by Crippen LogP contribution is -2.11. The van der Waals surface area contributed by atoms with Gasteiger partial charge in [0.2, 0.25) is 0 Å². The first-order valence-electron chi connectivity index (χ1n) is 11.5. The molecule has 0 spiro atoms. The molecule has 2 heterocycles. The largest absolute Gasteiger partial charge is 0.261 e. The van der Waals surface area contributed by atoms with E-state index in [9.17, 15) is 4.39 Å². The van der Waals surface area contributed by atoms with Crippen LogP contribution in [0.3, 0.4) is 0 Å². The van der Waals surface area contributed by atoms with Crippen LogP contribution in [0.1, 0.15) is 58.4 Å². The molecule has 0 aliphatic carbocycles. The van der Waals surface area contributed by atoms with E-state index in [0.29, 0.717) is 17.3 Å². The van der Waals surface area contributed by atoms with E-state index in [1.54, 1.807) is 6.92 Å². The minimum absolute atomic E-state index is 0.0411. The van der Waals surface area contributed by atoms with Crippen LogP contribution >= 0.6 is 0 Å². The molecule has 0 radical (unpaired) electrons. The lowest BCUT2D eigenvalue weighted by molar-refractivity contribution is 0.590. The summed E-state index contributed by atoms with van der Waals surface area (Å²) < 4.78 is 14.8. The van der Waals surface area contributed by atoms with Gasteiger partial charge in [-0.25, -0.2) is 19.3 Å². The molecule has 0 fully saturated rings. The molecule has 0 saturated carbocycles. The van der Waals surface area contributed by atoms with Crippen molar-refractivity contribution in [2.45, 2.75) is 59.3 Å². The van der Waals surface area contributed by atoms with E-state index in [-0.39, 0.29) is 22.2 Å². The Balaban J connectivity index is 1.86. The molecule has 4 nitrogen and oxygen atoms in total. The Morgan fingerprint density at radius 1 is 0.618 bits per heavy atom. The molecule has 0 atom stereocenters. The van der Waals surface area contributed by atoms with Gasteiger partial charge in [0, 0.05) is 23.0 Å². The van der Waals surface area contributed by atoms with Crippen molar-refractivity contribution in [3.05, 3.63) is 83.4 Å². The number of hydrogen-bond donors (Lipinski definition) is 0. The van der Waals surface area contributed by atoms with E-state index in [1.165, 1.54) is 23.4 Å². The van der Waals surface area contributed by atoms with Crippen LogP contribution in [-0.4, -0.2) is 19.9 Å². The summed E-state index contributed by atoms with van der Waals surface area (Å²) in [6.45, 7) is 14.8. The topological polar surface area (TPSA) is 51.6 Å². The number of hydrogen-bond acceptors (Lipinski definition) is 4. The van der Waals surface area contributed by atoms with Crippen molar-refractivity contribution in [2.24, 2.45) is 0 Å². The van der Waals surface area contributed by atoms with E-state index in [1.807, 2.05) is 24.3 Å². The number of halogens is 1. The van der Waals surface area contributed by atoms with Crippen LogP contribution in [0.2, 0.25) is 0 Å². The molecule has 174 valence electrons. The molecule has 34 heavy (non-hydrogen) atoms. The third kappa shape index (κ3) is 5.04. The van der Waals surface area contributed by atoms with Gasteiger partial charge >= 0.3 is 0 Å². The smallest absolute Gasteiger partial charge is 0.168 e. The van der Waals surface area contributed by atoms with Crippen molar-refractivity contribution in [1.29, 1.82) is 0 Å². The van der Waals surface area contributed by atoms with Gasteiger partial charge in [-0.05, 0) is 34.9 Å². The number of rotatable bonds is 3. The summed E-state index contributed by atoms with van der Waals surface area (Å²) in [7, 11) is 0. The zero-order chi connectivity index (χ0) is 24.7. The number of aryl methyl sites for hydroxylation is 1. The second-order valence-corrected chi connectivity index (χ2v) is 10.8. The van der Waals surface area contributed by atoms with Crippen LogP contribution in [0.15, 0.2) is 60.8 Å². The molecular weight excluding hydrogens is 423 g/mol. The Kier molecular flexibility index (Phi) is 6.07. The molecule has 4 aromatic rings. The van der Waals surface area contributed by atoms with Gasteiger partial charge in [-0.2, -0.15) is 0 Å². The molecule has 4 rings (SSSR count). The van der Waals surface area contributed by atoms with Crippen LogP contribution in [0.25, 0.3) is 34.2 Å². The Hall–Kier alpha value is -3.47. The quantitative estimate of drug-likeness (QED) is 0.326. The highest BCUT2D eigenvalue weighted by atomic mass is 19.1. The molecule has 2 aromatic carbocycles. The van der Waals surface area contributed by atoms with E-state index < -0.39 is 5.82 Å². The normalized spacial score (nSPS) is 12.1. The Morgan fingerprint density at radius 2 is 1.03 bits per heavy atom. The SMILES string of the molecule is Cc1cc(F)c(-c2nc(-c3ccc(C(C)(C)C)cc3)nc(-c3ccc(C(C)(C)C)cc3)n2)cn1. The predicted molar refractivity (Wildman–Crippen MR) is 136 cm³/mol. The number of benzene rings is 2. The zero-order valence-electron chi connectivity index (χ0n) is 20.9. The van der Waals surface area contributed by atoms with Crippen molar-refractivity contribution >= 4 is 0 Å². The highest BCUT2D eigenvalue weighted by Crippen LogP contribution is 2.29. The Bertz CT molecular complexity index is 1240. The summed E-state index contributed by atoms with van der Waals surface area (Å²) >= 11 is 0. The summed E-state index contributed by atoms with van der Waals surface area (Å²) in [6, 6.07) is 17.8. The van der Waals surface area contributed by atoms with Crippen molar-refractivity contribution in [1.82, 2.24) is 19.9 Å². The fourth-order valence-corrected chi connectivity index (χ4v) is 3.68. The van der Waals surface area contributed by atoms with Crippen LogP contribution < -0.4 is 0 Å². The lowest BCUT2D eigenvalue weighted by Gasteiger charge is -2.19. The van der Waals surface area contributed by atoms with Crippen molar-refractivity contribution < 1.29 is 4.39 Å². The first kappa shape index (κ1) is 23.7. The van der Waals surface area contributed by atoms with Gasteiger partial charge in [-0.15, -0.1) is 0 Å². The molecule has 0 aliphatic heterocycles. The summed E-state index contributed by atoms with van der Waals surface area (Å²) in [5, 5.41) is 0. The molecule has 0 amide bonds. The average Bonchev–Trinajstić information content (AvgIpc) is 2.78. The Morgan fingerprint density at radius 3 is 1.41 bits per heavy atom. The lowest BCUT2D eigenvalue weighted by atomic mass is 9.86. The first-order valence-corrected chi connectivity index (χ1v) is 11.5. The van der Waals surface area contributed by atoms with E-state index >= 15 is 0 Å². The molecule has 0 N–H and O–H groups in total. The maximum Gasteiger partial charge on any atom is 0.168 e. The maximum atomic E-state index is 14.8. The van der Waals surface area contributed by atoms with Gasteiger partial charge in [-0.1, -0.05) is 90.1 Å². The van der Waals surface area contributed by atoms with Gasteiger partial charge in [0.05, 0.1) is 5.56 Å². The highest BCUT2D eigenvalue weighted by molar-refractivity contribution is 5.66. The van der Waals surface area contributed by atoms with Crippen LogP contribution in [0.4, 0.5) is 4.39 Å². The number of nitrogens with zero attached hydrogens (tertiary/aromatic N) is 4. The second-order valence-electron chi connectivity index (χ2n) is 10.8. The predicted octanol–water partition coefficient (Wildman–Crippen LogP) is 7.31. The van der Waals surface area contributed by atoms with Gasteiger partial charge in [0.15, 0.2) is 17.5 Å². The van der Waals surface area contributed by atoms with Crippen LogP contribution in [0, 0.1) is 12.7 Å². The standard InChI is InChI=1S/C29H31FN4/c1-18-16-24(30)23(17-31-18)27-33-25(19-8-12-21(13-9-19)28(2,3)4)32-26(34-27)20-10-14-22(15-11-20)29(5,6)7/h8-17H,1-7H3. The van der Waals surface area contributed by atoms with E-state index in [0.717, 1.165) is 11.1 Å². The molecule has 5 heteroatoms. The average molecular weight is 455 g/mol. The second kappa shape index (κ2) is 8.71. The molecule has 0 bridgehead atoms. The van der Waals surface area contributed by atoms with E-state index in [4.69, 9.17) is 4.98 Å². The molecule has 0 unspecified atom stereocenters. The van der Waals surface area contributed by atoms with Gasteiger partial charge in [-0.3, -0.25) is 4.98 Å². The monoisotopic (exact) mass is 454 g/mol. The zero-order valence-corrected chi connectivity index (χ0v) is 20.9. The molecule has 0 aliphatic rings. The fourth-order valence-electron chi connectivity index (χ4n) is 3.68. The number of aromatic nitrogens is 4. The fraction of sp³-hybridized carbons (Fsp3) is 0.310. The van der Waals surface area contributed by atoms with Crippen molar-refractivity contribution in [3.8, 4) is 34.2 Å². The Labute approximate surface area is 201 Å². The summed E-state index contributed by atoms with van der Waals surface area (Å²) in [4.78, 5) is 18.3. The van der Waals surface area contributed by atoms with Crippen molar-refractivity contribution in [2.75, 3.05) is 0 Å². The molecular formula is C29H31FN4. The van der Waals surface area contributed by atoms with Crippen LogP contribution in [0.5, 0.6) is 0 Å². The third-order valence-electron chi connectivity index (χ3n) is 5.88. The third-order valence-corrected chi connectivity index (χ3v) is 5.88. The minimum atomic E-state index is -0.401. The summed E-state index contributed by atoms with van der Waals surface area (Å²) in [6.07, 6.45) is 1.49. The van der Waals surface area contributed by atoms with Gasteiger partial charge in [0.25, 0.3) is 0 Å². The summed E-state index contributed by atoms with van der Waals surface area (Å²) in [5.74, 6) is 0.868. The minimum Gasteiger partial charge on any atom is -0.261 e. The van der Waals surface area contributed by atoms with Gasteiger partial charge in [0.1, 0.15) is 5.82 Å². The number of pyridine rings is 1. The first-order chi connectivity index (χ1) is 15.9. The van der Waals surface area contributed by atoms with E-state index in [2.05, 4.69) is 80.8 Å².